The van der Waals surface area contributed by atoms with Gasteiger partial charge in [0.2, 0.25) is 0 Å². The summed E-state index contributed by atoms with van der Waals surface area (Å²) in [6.07, 6.45) is 0. The van der Waals surface area contributed by atoms with E-state index in [-0.39, 0.29) is 5.84 Å². The van der Waals surface area contributed by atoms with E-state index in [4.69, 9.17) is 10.9 Å². The standard InChI is InChI=1S/C9H8N4OS/c10-9(12-14)8-7(11-13-15-8)6-4-2-1-3-5-6/h1-5,14H,(H2,10,12). The average Bonchev–Trinajstić information content (AvgIpc) is 2.78. The monoisotopic (exact) mass is 220 g/mol. The molecule has 2 aromatic rings. The predicted molar refractivity (Wildman–Crippen MR) is 57.9 cm³/mol. The lowest BCUT2D eigenvalue weighted by atomic mass is 10.1. The summed E-state index contributed by atoms with van der Waals surface area (Å²) in [5, 5.41) is 15.5. The minimum atomic E-state index is 0.0313. The van der Waals surface area contributed by atoms with Gasteiger partial charge in [-0.05, 0) is 11.5 Å². The fraction of sp³-hybridized carbons (Fsp3) is 0. The first-order chi connectivity index (χ1) is 7.33. The number of hydrogen-bond donors (Lipinski definition) is 2. The Kier molecular flexibility index (Phi) is 2.59. The highest BCUT2D eigenvalue weighted by atomic mass is 32.1. The van der Waals surface area contributed by atoms with Gasteiger partial charge in [0.15, 0.2) is 5.84 Å². The lowest BCUT2D eigenvalue weighted by Gasteiger charge is -1.98. The number of oxime groups is 1. The summed E-state index contributed by atoms with van der Waals surface area (Å²) in [6.45, 7) is 0. The minimum absolute atomic E-state index is 0.0313. The molecule has 0 atom stereocenters. The first-order valence-electron chi connectivity index (χ1n) is 4.18. The molecular formula is C9H8N4OS. The van der Waals surface area contributed by atoms with Crippen molar-refractivity contribution in [2.75, 3.05) is 0 Å². The topological polar surface area (TPSA) is 84.4 Å². The Morgan fingerprint density at radius 3 is 2.73 bits per heavy atom. The maximum Gasteiger partial charge on any atom is 0.184 e. The summed E-state index contributed by atoms with van der Waals surface area (Å²) >= 11 is 1.10. The fourth-order valence-corrected chi connectivity index (χ4v) is 1.77. The SMILES string of the molecule is N/C(=N/O)c1snnc1-c1ccccc1. The zero-order valence-corrected chi connectivity index (χ0v) is 8.48. The Morgan fingerprint density at radius 1 is 1.33 bits per heavy atom. The molecule has 0 unspecified atom stereocenters. The van der Waals surface area contributed by atoms with Gasteiger partial charge >= 0.3 is 0 Å². The largest absolute Gasteiger partial charge is 0.409 e. The summed E-state index contributed by atoms with van der Waals surface area (Å²) in [7, 11) is 0. The van der Waals surface area contributed by atoms with Gasteiger partial charge < -0.3 is 10.9 Å². The van der Waals surface area contributed by atoms with Crippen molar-refractivity contribution in [3.63, 3.8) is 0 Å². The van der Waals surface area contributed by atoms with E-state index in [9.17, 15) is 0 Å². The van der Waals surface area contributed by atoms with Crippen molar-refractivity contribution in [3.05, 3.63) is 35.2 Å². The zero-order valence-electron chi connectivity index (χ0n) is 7.66. The van der Waals surface area contributed by atoms with E-state index in [0.29, 0.717) is 10.6 Å². The molecule has 0 saturated heterocycles. The maximum atomic E-state index is 8.59. The van der Waals surface area contributed by atoms with Crippen LogP contribution in [0.1, 0.15) is 4.88 Å². The third kappa shape index (κ3) is 1.79. The number of benzene rings is 1. The van der Waals surface area contributed by atoms with Crippen molar-refractivity contribution >= 4 is 17.4 Å². The smallest absolute Gasteiger partial charge is 0.184 e. The Labute approximate surface area is 90.0 Å². The van der Waals surface area contributed by atoms with Crippen LogP contribution in [0.3, 0.4) is 0 Å². The molecule has 0 spiro atoms. The molecular weight excluding hydrogens is 212 g/mol. The van der Waals surface area contributed by atoms with Gasteiger partial charge in [-0.3, -0.25) is 0 Å². The van der Waals surface area contributed by atoms with E-state index in [1.165, 1.54) is 0 Å². The molecule has 76 valence electrons. The number of amidine groups is 1. The molecule has 2 rings (SSSR count). The van der Waals surface area contributed by atoms with Crippen LogP contribution in [-0.2, 0) is 0 Å². The Hall–Kier alpha value is -1.95. The highest BCUT2D eigenvalue weighted by Crippen LogP contribution is 2.22. The molecule has 0 aliphatic heterocycles. The van der Waals surface area contributed by atoms with Crippen LogP contribution in [-0.4, -0.2) is 20.6 Å². The van der Waals surface area contributed by atoms with E-state index in [0.717, 1.165) is 17.1 Å². The third-order valence-electron chi connectivity index (χ3n) is 1.88. The molecule has 5 nitrogen and oxygen atoms in total. The van der Waals surface area contributed by atoms with Crippen LogP contribution in [0.2, 0.25) is 0 Å². The summed E-state index contributed by atoms with van der Waals surface area (Å²) in [4.78, 5) is 0.573. The van der Waals surface area contributed by atoms with E-state index in [1.54, 1.807) is 0 Å². The molecule has 0 fully saturated rings. The van der Waals surface area contributed by atoms with Gasteiger partial charge in [-0.1, -0.05) is 40.0 Å². The van der Waals surface area contributed by atoms with Crippen molar-refractivity contribution in [2.24, 2.45) is 10.9 Å². The number of rotatable bonds is 2. The normalized spacial score (nSPS) is 11.6. The van der Waals surface area contributed by atoms with Crippen LogP contribution in [0.15, 0.2) is 35.5 Å². The van der Waals surface area contributed by atoms with Crippen LogP contribution in [0.25, 0.3) is 11.3 Å². The van der Waals surface area contributed by atoms with Gasteiger partial charge in [0.1, 0.15) is 10.6 Å². The molecule has 3 N–H and O–H groups in total. The van der Waals surface area contributed by atoms with Gasteiger partial charge in [-0.2, -0.15) is 0 Å². The van der Waals surface area contributed by atoms with Crippen molar-refractivity contribution < 1.29 is 5.21 Å². The summed E-state index contributed by atoms with van der Waals surface area (Å²) in [6, 6.07) is 9.48. The van der Waals surface area contributed by atoms with Crippen molar-refractivity contribution in [1.82, 2.24) is 9.59 Å². The molecule has 6 heteroatoms. The summed E-state index contributed by atoms with van der Waals surface area (Å²) in [5.74, 6) is 0.0313. The average molecular weight is 220 g/mol. The summed E-state index contributed by atoms with van der Waals surface area (Å²) < 4.78 is 3.79. The van der Waals surface area contributed by atoms with Gasteiger partial charge in [0.25, 0.3) is 0 Å². The highest BCUT2D eigenvalue weighted by Gasteiger charge is 2.13. The second-order valence-corrected chi connectivity index (χ2v) is 3.56. The molecule has 0 aliphatic carbocycles. The lowest BCUT2D eigenvalue weighted by molar-refractivity contribution is 0.319. The van der Waals surface area contributed by atoms with Crippen molar-refractivity contribution in [1.29, 1.82) is 0 Å². The van der Waals surface area contributed by atoms with E-state index in [1.807, 2.05) is 30.3 Å². The zero-order chi connectivity index (χ0) is 10.7. The van der Waals surface area contributed by atoms with Gasteiger partial charge in [-0.15, -0.1) is 5.10 Å². The Balaban J connectivity index is 2.51. The molecule has 0 saturated carbocycles. The van der Waals surface area contributed by atoms with E-state index in [2.05, 4.69) is 14.7 Å². The van der Waals surface area contributed by atoms with Gasteiger partial charge in [0.05, 0.1) is 0 Å². The fourth-order valence-electron chi connectivity index (χ4n) is 1.19. The third-order valence-corrected chi connectivity index (χ3v) is 2.62. The molecule has 1 aromatic heterocycles. The minimum Gasteiger partial charge on any atom is -0.409 e. The predicted octanol–water partition coefficient (Wildman–Crippen LogP) is 1.30. The Bertz CT molecular complexity index is 480. The van der Waals surface area contributed by atoms with Crippen LogP contribution in [0.5, 0.6) is 0 Å². The van der Waals surface area contributed by atoms with Crippen molar-refractivity contribution in [2.45, 2.75) is 0 Å². The Morgan fingerprint density at radius 2 is 2.07 bits per heavy atom. The molecule has 15 heavy (non-hydrogen) atoms. The van der Waals surface area contributed by atoms with Crippen LogP contribution in [0.4, 0.5) is 0 Å². The maximum absolute atomic E-state index is 8.59. The first-order valence-corrected chi connectivity index (χ1v) is 4.96. The van der Waals surface area contributed by atoms with Crippen LogP contribution < -0.4 is 5.73 Å². The van der Waals surface area contributed by atoms with Crippen LogP contribution >= 0.6 is 11.5 Å². The number of aromatic nitrogens is 2. The number of hydrogen-bond acceptors (Lipinski definition) is 5. The first kappa shape index (κ1) is 9.60. The number of nitrogens with two attached hydrogens (primary N) is 1. The van der Waals surface area contributed by atoms with Gasteiger partial charge in [0, 0.05) is 5.56 Å². The van der Waals surface area contributed by atoms with E-state index >= 15 is 0 Å². The van der Waals surface area contributed by atoms with Crippen LogP contribution in [0, 0.1) is 0 Å². The molecule has 0 bridgehead atoms. The second kappa shape index (κ2) is 4.05. The highest BCUT2D eigenvalue weighted by molar-refractivity contribution is 7.08. The van der Waals surface area contributed by atoms with Gasteiger partial charge in [-0.25, -0.2) is 0 Å². The molecule has 0 radical (unpaired) electrons. The van der Waals surface area contributed by atoms with Crippen molar-refractivity contribution in [3.8, 4) is 11.3 Å². The lowest BCUT2D eigenvalue weighted by Crippen LogP contribution is -2.12. The molecule has 1 heterocycles. The molecule has 0 aliphatic rings. The number of nitrogens with zero attached hydrogens (tertiary/aromatic N) is 3. The molecule has 1 aromatic carbocycles. The molecule has 0 amide bonds. The summed E-state index contributed by atoms with van der Waals surface area (Å²) in [5.41, 5.74) is 7.04. The second-order valence-electron chi connectivity index (χ2n) is 2.80. The van der Waals surface area contributed by atoms with E-state index < -0.39 is 0 Å². The quantitative estimate of drug-likeness (QED) is 0.346.